The highest BCUT2D eigenvalue weighted by Crippen LogP contribution is 2.31. The number of aliphatic imine (C=N–C) groups is 1. The van der Waals surface area contributed by atoms with Crippen molar-refractivity contribution in [2.45, 2.75) is 6.54 Å². The van der Waals surface area contributed by atoms with Gasteiger partial charge in [-0.1, -0.05) is 18.2 Å². The van der Waals surface area contributed by atoms with E-state index in [9.17, 15) is 4.79 Å². The van der Waals surface area contributed by atoms with E-state index in [1.165, 1.54) is 6.39 Å². The number of hydrogen-bond acceptors (Lipinski definition) is 7. The number of aromatic nitrogens is 5. The summed E-state index contributed by atoms with van der Waals surface area (Å²) in [5.74, 6) is 0.960. The third-order valence-corrected chi connectivity index (χ3v) is 4.29. The van der Waals surface area contributed by atoms with Crippen LogP contribution in [0.1, 0.15) is 5.56 Å². The van der Waals surface area contributed by atoms with Crippen LogP contribution in [-0.4, -0.2) is 36.5 Å². The number of fused-ring (bicyclic) bond motifs is 1. The molecule has 3 aromatic heterocycles. The molecule has 8 nitrogen and oxygen atoms in total. The average molecular weight is 356 g/mol. The van der Waals surface area contributed by atoms with Crippen LogP contribution in [0.15, 0.2) is 70.7 Å². The first-order valence-electron chi connectivity index (χ1n) is 8.26. The number of Topliss-reactive ketones (excluding diaryl/α,β-unsaturated/α-hetero) is 1. The van der Waals surface area contributed by atoms with E-state index in [1.807, 2.05) is 42.5 Å². The molecule has 130 valence electrons. The third-order valence-electron chi connectivity index (χ3n) is 4.29. The van der Waals surface area contributed by atoms with Gasteiger partial charge in [-0.05, 0) is 24.3 Å². The first-order valence-corrected chi connectivity index (χ1v) is 8.26. The highest BCUT2D eigenvalue weighted by Gasteiger charge is 2.25. The highest BCUT2D eigenvalue weighted by atomic mass is 16.4. The molecule has 1 aliphatic rings. The molecule has 0 amide bonds. The van der Waals surface area contributed by atoms with Gasteiger partial charge in [0.2, 0.25) is 18.1 Å². The number of benzene rings is 1. The van der Waals surface area contributed by atoms with Gasteiger partial charge >= 0.3 is 0 Å². The smallest absolute Gasteiger partial charge is 0.247 e. The van der Waals surface area contributed by atoms with Crippen LogP contribution in [0, 0.1) is 0 Å². The maximum atomic E-state index is 12.6. The Hall–Kier alpha value is -3.94. The normalized spacial score (nSPS) is 13.3. The predicted octanol–water partition coefficient (Wildman–Crippen LogP) is 2.70. The van der Waals surface area contributed by atoms with Gasteiger partial charge in [-0.2, -0.15) is 5.10 Å². The van der Waals surface area contributed by atoms with Crippen molar-refractivity contribution >= 4 is 17.3 Å². The number of hydrogen-bond donors (Lipinski definition) is 0. The van der Waals surface area contributed by atoms with E-state index in [0.717, 1.165) is 22.4 Å². The Bertz CT molecular complexity index is 1140. The van der Waals surface area contributed by atoms with Crippen molar-refractivity contribution in [3.63, 3.8) is 0 Å². The molecule has 0 saturated carbocycles. The molecule has 0 spiro atoms. The van der Waals surface area contributed by atoms with Crippen molar-refractivity contribution in [2.24, 2.45) is 4.99 Å². The van der Waals surface area contributed by atoms with Crippen LogP contribution >= 0.6 is 0 Å². The van der Waals surface area contributed by atoms with Crippen LogP contribution in [0.2, 0.25) is 0 Å². The number of carbonyl (C=O) groups excluding carboxylic acids is 1. The lowest BCUT2D eigenvalue weighted by Gasteiger charge is -2.14. The molecule has 8 heteroatoms. The Morgan fingerprint density at radius 1 is 1.04 bits per heavy atom. The monoisotopic (exact) mass is 356 g/mol. The van der Waals surface area contributed by atoms with Gasteiger partial charge in [-0.25, -0.2) is 9.67 Å². The second-order valence-electron chi connectivity index (χ2n) is 5.96. The zero-order valence-corrected chi connectivity index (χ0v) is 14.0. The SMILES string of the molecule is O=C1Cn2ncc(-c3ccccn3)c2N=C1c1ccc(-c2nnco2)cc1. The zero-order valence-electron chi connectivity index (χ0n) is 14.0. The van der Waals surface area contributed by atoms with Crippen LogP contribution < -0.4 is 0 Å². The van der Waals surface area contributed by atoms with E-state index in [1.54, 1.807) is 17.1 Å². The molecule has 0 atom stereocenters. The lowest BCUT2D eigenvalue weighted by atomic mass is 10.0. The standard InChI is InChI=1S/C19H12N6O2/c26-16-10-25-18(14(9-22-25)15-3-1-2-8-20-15)23-17(16)12-4-6-13(7-5-12)19-24-21-11-27-19/h1-9,11H,10H2. The van der Waals surface area contributed by atoms with Gasteiger partial charge in [0.1, 0.15) is 12.3 Å². The predicted molar refractivity (Wildman–Crippen MR) is 96.4 cm³/mol. The maximum Gasteiger partial charge on any atom is 0.247 e. The van der Waals surface area contributed by atoms with Crippen LogP contribution in [0.25, 0.3) is 22.7 Å². The summed E-state index contributed by atoms with van der Waals surface area (Å²) in [5, 5.41) is 11.8. The van der Waals surface area contributed by atoms with Gasteiger partial charge in [0.25, 0.3) is 0 Å². The molecule has 0 fully saturated rings. The quantitative estimate of drug-likeness (QED) is 0.560. The van der Waals surface area contributed by atoms with Gasteiger partial charge < -0.3 is 4.42 Å². The van der Waals surface area contributed by atoms with Crippen LogP contribution in [-0.2, 0) is 11.3 Å². The van der Waals surface area contributed by atoms with Gasteiger partial charge in [0.15, 0.2) is 5.82 Å². The topological polar surface area (TPSA) is 99.1 Å². The number of ketones is 1. The van der Waals surface area contributed by atoms with Crippen molar-refractivity contribution in [3.8, 4) is 22.7 Å². The number of nitrogens with zero attached hydrogens (tertiary/aromatic N) is 6. The molecule has 0 saturated heterocycles. The molecule has 5 rings (SSSR count). The number of carbonyl (C=O) groups is 1. The first kappa shape index (κ1) is 15.3. The highest BCUT2D eigenvalue weighted by molar-refractivity contribution is 6.47. The largest absolute Gasteiger partial charge is 0.423 e. The van der Waals surface area contributed by atoms with E-state index < -0.39 is 0 Å². The molecular weight excluding hydrogens is 344 g/mol. The molecule has 0 aliphatic carbocycles. The van der Waals surface area contributed by atoms with Gasteiger partial charge in [-0.3, -0.25) is 9.78 Å². The molecule has 4 heterocycles. The average Bonchev–Trinajstić information content (AvgIpc) is 3.38. The first-order chi connectivity index (χ1) is 13.3. The van der Waals surface area contributed by atoms with Gasteiger partial charge in [0, 0.05) is 17.3 Å². The third kappa shape index (κ3) is 2.63. The van der Waals surface area contributed by atoms with Crippen molar-refractivity contribution in [1.29, 1.82) is 0 Å². The second-order valence-corrected chi connectivity index (χ2v) is 5.96. The van der Waals surface area contributed by atoms with Crippen LogP contribution in [0.4, 0.5) is 5.82 Å². The zero-order chi connectivity index (χ0) is 18.2. The van der Waals surface area contributed by atoms with Crippen molar-refractivity contribution in [1.82, 2.24) is 25.0 Å². The Balaban J connectivity index is 1.56. The minimum absolute atomic E-state index is 0.0938. The molecule has 27 heavy (non-hydrogen) atoms. The van der Waals surface area contributed by atoms with Crippen LogP contribution in [0.3, 0.4) is 0 Å². The van der Waals surface area contributed by atoms with E-state index in [2.05, 4.69) is 25.3 Å². The Kier molecular flexibility index (Phi) is 3.46. The van der Waals surface area contributed by atoms with Gasteiger partial charge in [-0.15, -0.1) is 10.2 Å². The summed E-state index contributed by atoms with van der Waals surface area (Å²) in [6, 6.07) is 12.9. The molecule has 0 N–H and O–H groups in total. The Morgan fingerprint density at radius 3 is 2.63 bits per heavy atom. The van der Waals surface area contributed by atoms with E-state index in [0.29, 0.717) is 17.4 Å². The summed E-state index contributed by atoms with van der Waals surface area (Å²) in [7, 11) is 0. The fraction of sp³-hybridized carbons (Fsp3) is 0.0526. The van der Waals surface area contributed by atoms with E-state index in [4.69, 9.17) is 4.42 Å². The lowest BCUT2D eigenvalue weighted by Crippen LogP contribution is -2.25. The fourth-order valence-corrected chi connectivity index (χ4v) is 2.99. The van der Waals surface area contributed by atoms with Crippen molar-refractivity contribution < 1.29 is 9.21 Å². The minimum atomic E-state index is -0.0938. The maximum absolute atomic E-state index is 12.6. The molecule has 0 bridgehead atoms. The fourth-order valence-electron chi connectivity index (χ4n) is 2.99. The van der Waals surface area contributed by atoms with Crippen molar-refractivity contribution in [2.75, 3.05) is 0 Å². The minimum Gasteiger partial charge on any atom is -0.423 e. The van der Waals surface area contributed by atoms with Crippen molar-refractivity contribution in [3.05, 3.63) is 66.8 Å². The summed E-state index contributed by atoms with van der Waals surface area (Å²) < 4.78 is 6.79. The Morgan fingerprint density at radius 2 is 1.89 bits per heavy atom. The second kappa shape index (κ2) is 6.10. The Labute approximate surface area is 153 Å². The van der Waals surface area contributed by atoms with Gasteiger partial charge in [0.05, 0.1) is 17.5 Å². The summed E-state index contributed by atoms with van der Waals surface area (Å²) in [5.41, 5.74) is 3.46. The summed E-state index contributed by atoms with van der Waals surface area (Å²) in [4.78, 5) is 21.5. The molecule has 0 radical (unpaired) electrons. The summed E-state index contributed by atoms with van der Waals surface area (Å²) in [6.45, 7) is 0.145. The lowest BCUT2D eigenvalue weighted by molar-refractivity contribution is -0.113. The summed E-state index contributed by atoms with van der Waals surface area (Å²) >= 11 is 0. The molecule has 4 aromatic rings. The molecule has 0 unspecified atom stereocenters. The number of pyridine rings is 1. The van der Waals surface area contributed by atoms with E-state index >= 15 is 0 Å². The number of rotatable bonds is 3. The molecule has 1 aliphatic heterocycles. The molecule has 1 aromatic carbocycles. The summed E-state index contributed by atoms with van der Waals surface area (Å²) in [6.07, 6.45) is 4.68. The molecular formula is C19H12N6O2. The van der Waals surface area contributed by atoms with E-state index in [-0.39, 0.29) is 12.3 Å². The van der Waals surface area contributed by atoms with Crippen LogP contribution in [0.5, 0.6) is 0 Å².